The Kier molecular flexibility index (Phi) is 1.72. The van der Waals surface area contributed by atoms with Crippen molar-refractivity contribution in [2.75, 3.05) is 0 Å². The average molecular weight is 204 g/mol. The summed E-state index contributed by atoms with van der Waals surface area (Å²) in [6.07, 6.45) is 0. The van der Waals surface area contributed by atoms with E-state index in [9.17, 15) is 0 Å². The number of nitrogens with zero attached hydrogens (tertiary/aromatic N) is 4. The molecule has 1 aromatic rings. The molecular weight excluding hydrogens is 200 g/mol. The van der Waals surface area contributed by atoms with Crippen molar-refractivity contribution in [1.82, 2.24) is 0 Å². The first-order valence-corrected chi connectivity index (χ1v) is 4.47. The van der Waals surface area contributed by atoms with Crippen molar-refractivity contribution in [3.63, 3.8) is 0 Å². The second-order valence-corrected chi connectivity index (χ2v) is 3.49. The van der Waals surface area contributed by atoms with E-state index in [1.807, 2.05) is 24.3 Å². The lowest BCUT2D eigenvalue weighted by Crippen LogP contribution is -2.55. The highest BCUT2D eigenvalue weighted by Gasteiger charge is 2.67. The van der Waals surface area contributed by atoms with Gasteiger partial charge >= 0.3 is 0 Å². The van der Waals surface area contributed by atoms with Gasteiger partial charge in [-0.2, -0.15) is 21.0 Å². The summed E-state index contributed by atoms with van der Waals surface area (Å²) >= 11 is 0. The van der Waals surface area contributed by atoms with Crippen LogP contribution in [0.4, 0.5) is 0 Å². The van der Waals surface area contributed by atoms with E-state index in [-0.39, 0.29) is 0 Å². The molecule has 0 amide bonds. The van der Waals surface area contributed by atoms with Crippen molar-refractivity contribution in [3.05, 3.63) is 35.4 Å². The lowest BCUT2D eigenvalue weighted by atomic mass is 9.48. The molecule has 0 spiro atoms. The molecule has 0 heterocycles. The molecule has 1 aliphatic carbocycles. The van der Waals surface area contributed by atoms with Crippen molar-refractivity contribution >= 4 is 0 Å². The number of hydrogen-bond donors (Lipinski definition) is 0. The summed E-state index contributed by atoms with van der Waals surface area (Å²) < 4.78 is 0. The lowest BCUT2D eigenvalue weighted by Gasteiger charge is -2.43. The highest BCUT2D eigenvalue weighted by molar-refractivity contribution is 5.71. The SMILES string of the molecule is N#CC1(C#N)c2ccccc2C1(C#N)C#N. The summed E-state index contributed by atoms with van der Waals surface area (Å²) in [4.78, 5) is 0. The number of benzene rings is 1. The van der Waals surface area contributed by atoms with E-state index in [2.05, 4.69) is 0 Å². The van der Waals surface area contributed by atoms with Crippen molar-refractivity contribution < 1.29 is 0 Å². The zero-order valence-corrected chi connectivity index (χ0v) is 8.10. The Morgan fingerprint density at radius 3 is 1.25 bits per heavy atom. The Morgan fingerprint density at radius 2 is 1.00 bits per heavy atom. The van der Waals surface area contributed by atoms with E-state index in [0.717, 1.165) is 0 Å². The molecule has 72 valence electrons. The molecule has 0 N–H and O–H groups in total. The van der Waals surface area contributed by atoms with Gasteiger partial charge in [0.1, 0.15) is 0 Å². The fourth-order valence-electron chi connectivity index (χ4n) is 2.10. The molecule has 4 heteroatoms. The van der Waals surface area contributed by atoms with Crippen LogP contribution in [0.2, 0.25) is 0 Å². The summed E-state index contributed by atoms with van der Waals surface area (Å²) in [6, 6.07) is 13.8. The van der Waals surface area contributed by atoms with Gasteiger partial charge < -0.3 is 0 Å². The first-order valence-electron chi connectivity index (χ1n) is 4.47. The van der Waals surface area contributed by atoms with Gasteiger partial charge in [0.2, 0.25) is 10.8 Å². The van der Waals surface area contributed by atoms with E-state index < -0.39 is 10.8 Å². The molecule has 4 nitrogen and oxygen atoms in total. The molecule has 1 aliphatic rings. The molecule has 16 heavy (non-hydrogen) atoms. The standard InChI is InChI=1S/C12H4N4/c13-5-11(6-14)9-3-1-2-4-10(9)12(11,7-15)8-16/h1-4H. The number of rotatable bonds is 0. The van der Waals surface area contributed by atoms with Crippen LogP contribution in [0.15, 0.2) is 24.3 Å². The number of hydrogen-bond acceptors (Lipinski definition) is 4. The van der Waals surface area contributed by atoms with Crippen molar-refractivity contribution in [2.24, 2.45) is 0 Å². The predicted molar refractivity (Wildman–Crippen MR) is 52.3 cm³/mol. The van der Waals surface area contributed by atoms with Crippen molar-refractivity contribution in [1.29, 1.82) is 21.0 Å². The molecule has 0 saturated heterocycles. The average Bonchev–Trinajstić information content (AvgIpc) is 2.34. The highest BCUT2D eigenvalue weighted by Crippen LogP contribution is 2.55. The molecule has 0 atom stereocenters. The predicted octanol–water partition coefficient (Wildman–Crippen LogP) is 1.27. The van der Waals surface area contributed by atoms with E-state index in [4.69, 9.17) is 21.0 Å². The molecular formula is C12H4N4. The molecule has 2 rings (SSSR count). The smallest absolute Gasteiger partial charge is 0.196 e. The van der Waals surface area contributed by atoms with Crippen molar-refractivity contribution in [3.8, 4) is 24.3 Å². The molecule has 1 aromatic carbocycles. The topological polar surface area (TPSA) is 95.2 Å². The van der Waals surface area contributed by atoms with Crippen LogP contribution in [-0.4, -0.2) is 0 Å². The van der Waals surface area contributed by atoms with Crippen LogP contribution in [0.5, 0.6) is 0 Å². The minimum atomic E-state index is -1.66. The molecule has 0 unspecified atom stereocenters. The summed E-state index contributed by atoms with van der Waals surface area (Å²) in [7, 11) is 0. The van der Waals surface area contributed by atoms with Gasteiger partial charge in [0.05, 0.1) is 24.3 Å². The van der Waals surface area contributed by atoms with Gasteiger partial charge in [-0.1, -0.05) is 24.3 Å². The minimum Gasteiger partial charge on any atom is -0.196 e. The summed E-state index contributed by atoms with van der Waals surface area (Å²) in [6.45, 7) is 0. The van der Waals surface area contributed by atoms with Crippen LogP contribution in [0.3, 0.4) is 0 Å². The van der Waals surface area contributed by atoms with Gasteiger partial charge in [0.15, 0.2) is 0 Å². The largest absolute Gasteiger partial charge is 0.204 e. The van der Waals surface area contributed by atoms with E-state index in [0.29, 0.717) is 11.1 Å². The number of nitriles is 4. The molecule has 0 radical (unpaired) electrons. The summed E-state index contributed by atoms with van der Waals surface area (Å²) in [5.41, 5.74) is -2.40. The zero-order valence-electron chi connectivity index (χ0n) is 8.10. The normalized spacial score (nSPS) is 17.5. The van der Waals surface area contributed by atoms with Gasteiger partial charge in [0.25, 0.3) is 0 Å². The molecule has 0 bridgehead atoms. The number of fused-ring (bicyclic) bond motifs is 1. The Bertz CT molecular complexity index is 546. The molecule has 0 aliphatic heterocycles. The second kappa shape index (κ2) is 2.83. The Morgan fingerprint density at radius 1 is 0.688 bits per heavy atom. The fourth-order valence-corrected chi connectivity index (χ4v) is 2.10. The van der Waals surface area contributed by atoms with E-state index in [1.165, 1.54) is 0 Å². The maximum absolute atomic E-state index is 9.11. The van der Waals surface area contributed by atoms with Crippen LogP contribution in [0, 0.1) is 45.3 Å². The lowest BCUT2D eigenvalue weighted by molar-refractivity contribution is 0.447. The van der Waals surface area contributed by atoms with Crippen molar-refractivity contribution in [2.45, 2.75) is 10.8 Å². The third-order valence-electron chi connectivity index (χ3n) is 2.97. The maximum Gasteiger partial charge on any atom is 0.204 e. The Hall–Kier alpha value is -2.82. The molecule has 0 saturated carbocycles. The molecule has 0 aromatic heterocycles. The Labute approximate surface area is 92.2 Å². The first-order chi connectivity index (χ1) is 7.72. The fraction of sp³-hybridized carbons (Fsp3) is 0.167. The van der Waals surface area contributed by atoms with Crippen LogP contribution >= 0.6 is 0 Å². The van der Waals surface area contributed by atoms with Crippen LogP contribution in [-0.2, 0) is 10.8 Å². The van der Waals surface area contributed by atoms with E-state index >= 15 is 0 Å². The maximum atomic E-state index is 9.11. The summed E-state index contributed by atoms with van der Waals surface area (Å²) in [5, 5.41) is 36.4. The van der Waals surface area contributed by atoms with Crippen LogP contribution < -0.4 is 0 Å². The van der Waals surface area contributed by atoms with Gasteiger partial charge in [0, 0.05) is 0 Å². The van der Waals surface area contributed by atoms with E-state index in [1.54, 1.807) is 24.3 Å². The second-order valence-electron chi connectivity index (χ2n) is 3.49. The quantitative estimate of drug-likeness (QED) is 0.635. The molecule has 0 fully saturated rings. The van der Waals surface area contributed by atoms with Crippen LogP contribution in [0.1, 0.15) is 11.1 Å². The first kappa shape index (κ1) is 9.72. The van der Waals surface area contributed by atoms with Gasteiger partial charge in [-0.3, -0.25) is 0 Å². The third kappa shape index (κ3) is 0.683. The minimum absolute atomic E-state index is 0.461. The zero-order chi connectivity index (χ0) is 11.8. The van der Waals surface area contributed by atoms with Gasteiger partial charge in [-0.05, 0) is 11.1 Å². The van der Waals surface area contributed by atoms with Crippen LogP contribution in [0.25, 0.3) is 0 Å². The van der Waals surface area contributed by atoms with Gasteiger partial charge in [-0.25, -0.2) is 0 Å². The highest BCUT2D eigenvalue weighted by atomic mass is 14.6. The Balaban J connectivity index is 2.88. The monoisotopic (exact) mass is 204 g/mol. The summed E-state index contributed by atoms with van der Waals surface area (Å²) in [5.74, 6) is 0. The third-order valence-corrected chi connectivity index (χ3v) is 2.97. The van der Waals surface area contributed by atoms with Gasteiger partial charge in [-0.15, -0.1) is 0 Å².